The van der Waals surface area contributed by atoms with Crippen LogP contribution >= 0.6 is 0 Å². The lowest BCUT2D eigenvalue weighted by molar-refractivity contribution is 0.0635. The lowest BCUT2D eigenvalue weighted by atomic mass is 10.1. The van der Waals surface area contributed by atoms with Gasteiger partial charge >= 0.3 is 6.09 Å². The maximum absolute atomic E-state index is 13.9. The number of carbonyl (C=O) groups excluding carboxylic acids is 3. The molecular formula is C24H24FN3O5. The molecule has 0 spiro atoms. The van der Waals surface area contributed by atoms with Crippen LogP contribution in [-0.4, -0.2) is 23.5 Å². The van der Waals surface area contributed by atoms with E-state index in [1.165, 1.54) is 24.5 Å². The van der Waals surface area contributed by atoms with Crippen LogP contribution in [0.15, 0.2) is 59.2 Å². The smallest absolute Gasteiger partial charge is 0.412 e. The second-order valence-corrected chi connectivity index (χ2v) is 8.23. The molecule has 2 aromatic carbocycles. The van der Waals surface area contributed by atoms with Gasteiger partial charge in [0, 0.05) is 11.3 Å². The van der Waals surface area contributed by atoms with Gasteiger partial charge in [-0.1, -0.05) is 6.07 Å². The van der Waals surface area contributed by atoms with Gasteiger partial charge in [-0.15, -0.1) is 0 Å². The predicted molar refractivity (Wildman–Crippen MR) is 122 cm³/mol. The number of anilines is 3. The van der Waals surface area contributed by atoms with Crippen molar-refractivity contribution in [3.05, 3.63) is 77.5 Å². The molecule has 3 rings (SSSR count). The minimum Gasteiger partial charge on any atom is -0.459 e. The van der Waals surface area contributed by atoms with E-state index < -0.39 is 29.3 Å². The summed E-state index contributed by atoms with van der Waals surface area (Å²) in [6.45, 7) is 6.90. The van der Waals surface area contributed by atoms with Gasteiger partial charge in [-0.25, -0.2) is 9.18 Å². The maximum atomic E-state index is 13.9. The number of hydrogen-bond donors (Lipinski definition) is 3. The van der Waals surface area contributed by atoms with Gasteiger partial charge in [-0.2, -0.15) is 0 Å². The number of amides is 3. The molecule has 0 aliphatic heterocycles. The highest BCUT2D eigenvalue weighted by Gasteiger charge is 2.19. The van der Waals surface area contributed by atoms with Crippen molar-refractivity contribution in [1.29, 1.82) is 0 Å². The Bertz CT molecular complexity index is 1180. The van der Waals surface area contributed by atoms with Crippen LogP contribution in [0.4, 0.5) is 26.2 Å². The van der Waals surface area contributed by atoms with E-state index in [2.05, 4.69) is 16.0 Å². The topological polar surface area (TPSA) is 110 Å². The van der Waals surface area contributed by atoms with Crippen LogP contribution in [0.3, 0.4) is 0 Å². The average Bonchev–Trinajstić information content (AvgIpc) is 3.25. The summed E-state index contributed by atoms with van der Waals surface area (Å²) in [6.07, 6.45) is 0.635. The molecule has 3 N–H and O–H groups in total. The molecule has 172 valence electrons. The fourth-order valence-corrected chi connectivity index (χ4v) is 2.83. The summed E-state index contributed by atoms with van der Waals surface area (Å²) >= 11 is 0. The summed E-state index contributed by atoms with van der Waals surface area (Å²) < 4.78 is 24.1. The van der Waals surface area contributed by atoms with Crippen LogP contribution in [0, 0.1) is 12.7 Å². The van der Waals surface area contributed by atoms with Gasteiger partial charge in [-0.05, 0) is 75.7 Å². The second kappa shape index (κ2) is 9.56. The largest absolute Gasteiger partial charge is 0.459 e. The quantitative estimate of drug-likeness (QED) is 0.467. The van der Waals surface area contributed by atoms with Gasteiger partial charge in [0.25, 0.3) is 11.8 Å². The summed E-state index contributed by atoms with van der Waals surface area (Å²) in [5.41, 5.74) is 0.833. The van der Waals surface area contributed by atoms with Crippen molar-refractivity contribution < 1.29 is 27.9 Å². The standard InChI is InChI=1S/C24H24FN3O5/c1-14-7-8-15(12-18(14)26-22(30)20-6-5-11-32-20)21(29)27-19-13-16(25)9-10-17(19)28-23(31)33-24(2,3)4/h5-13H,1-4H3,(H,26,30)(H,27,29)(H,28,31). The van der Waals surface area contributed by atoms with Crippen molar-refractivity contribution in [2.45, 2.75) is 33.3 Å². The summed E-state index contributed by atoms with van der Waals surface area (Å²) in [5.74, 6) is -1.51. The van der Waals surface area contributed by atoms with Crippen LogP contribution in [0.1, 0.15) is 47.2 Å². The van der Waals surface area contributed by atoms with E-state index in [4.69, 9.17) is 9.15 Å². The molecule has 8 nitrogen and oxygen atoms in total. The third-order valence-electron chi connectivity index (χ3n) is 4.36. The van der Waals surface area contributed by atoms with E-state index in [0.29, 0.717) is 5.69 Å². The molecule has 3 amide bonds. The van der Waals surface area contributed by atoms with Crippen molar-refractivity contribution in [3.8, 4) is 0 Å². The zero-order valence-electron chi connectivity index (χ0n) is 18.6. The van der Waals surface area contributed by atoms with Crippen LogP contribution in [0.2, 0.25) is 0 Å². The molecule has 9 heteroatoms. The summed E-state index contributed by atoms with van der Waals surface area (Å²) in [7, 11) is 0. The van der Waals surface area contributed by atoms with Crippen LogP contribution in [-0.2, 0) is 4.74 Å². The first-order chi connectivity index (χ1) is 15.5. The lowest BCUT2D eigenvalue weighted by Gasteiger charge is -2.20. The first-order valence-corrected chi connectivity index (χ1v) is 10.1. The number of benzene rings is 2. The lowest BCUT2D eigenvalue weighted by Crippen LogP contribution is -2.27. The molecule has 0 saturated heterocycles. The number of hydrogen-bond acceptors (Lipinski definition) is 5. The van der Waals surface area contributed by atoms with E-state index in [-0.39, 0.29) is 22.7 Å². The molecule has 0 atom stereocenters. The Kier molecular flexibility index (Phi) is 6.81. The monoisotopic (exact) mass is 453 g/mol. The first kappa shape index (κ1) is 23.5. The number of aryl methyl sites for hydroxylation is 1. The number of rotatable bonds is 5. The molecule has 1 heterocycles. The first-order valence-electron chi connectivity index (χ1n) is 10.1. The number of halogens is 1. The Balaban J connectivity index is 1.79. The molecule has 0 aliphatic rings. The van der Waals surface area contributed by atoms with Gasteiger partial charge in [0.05, 0.1) is 17.6 Å². The Labute approximate surface area is 190 Å². The van der Waals surface area contributed by atoms with Crippen molar-refractivity contribution >= 4 is 35.0 Å². The van der Waals surface area contributed by atoms with E-state index in [1.54, 1.807) is 45.9 Å². The second-order valence-electron chi connectivity index (χ2n) is 8.23. The number of ether oxygens (including phenoxy) is 1. The maximum Gasteiger partial charge on any atom is 0.412 e. The van der Waals surface area contributed by atoms with E-state index >= 15 is 0 Å². The zero-order chi connectivity index (χ0) is 24.2. The highest BCUT2D eigenvalue weighted by atomic mass is 19.1. The highest BCUT2D eigenvalue weighted by Crippen LogP contribution is 2.25. The van der Waals surface area contributed by atoms with Crippen molar-refractivity contribution in [3.63, 3.8) is 0 Å². The van der Waals surface area contributed by atoms with E-state index in [1.807, 2.05) is 0 Å². The van der Waals surface area contributed by atoms with E-state index in [9.17, 15) is 18.8 Å². The predicted octanol–water partition coefficient (Wildman–Crippen LogP) is 5.58. The van der Waals surface area contributed by atoms with Crippen LogP contribution < -0.4 is 16.0 Å². The SMILES string of the molecule is Cc1ccc(C(=O)Nc2cc(F)ccc2NC(=O)OC(C)(C)C)cc1NC(=O)c1ccco1. The molecule has 33 heavy (non-hydrogen) atoms. The Morgan fingerprint density at radius 2 is 1.61 bits per heavy atom. The molecule has 0 unspecified atom stereocenters. The van der Waals surface area contributed by atoms with Crippen LogP contribution in [0.5, 0.6) is 0 Å². The minimum atomic E-state index is -0.747. The normalized spacial score (nSPS) is 10.9. The zero-order valence-corrected chi connectivity index (χ0v) is 18.6. The fourth-order valence-electron chi connectivity index (χ4n) is 2.83. The Hall–Kier alpha value is -4.14. The summed E-state index contributed by atoms with van der Waals surface area (Å²) in [5, 5.41) is 7.78. The molecule has 1 aromatic heterocycles. The fraction of sp³-hybridized carbons (Fsp3) is 0.208. The number of furan rings is 1. The molecule has 3 aromatic rings. The molecule has 0 bridgehead atoms. The third-order valence-corrected chi connectivity index (χ3v) is 4.36. The van der Waals surface area contributed by atoms with Gasteiger partial charge in [0.1, 0.15) is 11.4 Å². The molecular weight excluding hydrogens is 429 g/mol. The van der Waals surface area contributed by atoms with Gasteiger partial charge in [0.2, 0.25) is 0 Å². The molecule has 0 aliphatic carbocycles. The van der Waals surface area contributed by atoms with Crippen LogP contribution in [0.25, 0.3) is 0 Å². The van der Waals surface area contributed by atoms with Gasteiger partial charge < -0.3 is 19.8 Å². The number of carbonyl (C=O) groups is 3. The highest BCUT2D eigenvalue weighted by molar-refractivity contribution is 6.08. The third kappa shape index (κ3) is 6.42. The average molecular weight is 453 g/mol. The van der Waals surface area contributed by atoms with Crippen molar-refractivity contribution in [2.75, 3.05) is 16.0 Å². The van der Waals surface area contributed by atoms with Crippen molar-refractivity contribution in [2.24, 2.45) is 0 Å². The van der Waals surface area contributed by atoms with Gasteiger partial charge in [-0.3, -0.25) is 14.9 Å². The summed E-state index contributed by atoms with van der Waals surface area (Å²) in [4.78, 5) is 37.3. The number of nitrogens with one attached hydrogen (secondary N) is 3. The Morgan fingerprint density at radius 1 is 0.879 bits per heavy atom. The molecule has 0 fully saturated rings. The molecule has 0 saturated carbocycles. The Morgan fingerprint density at radius 3 is 2.27 bits per heavy atom. The van der Waals surface area contributed by atoms with Crippen molar-refractivity contribution in [1.82, 2.24) is 0 Å². The van der Waals surface area contributed by atoms with Gasteiger partial charge in [0.15, 0.2) is 5.76 Å². The summed E-state index contributed by atoms with van der Waals surface area (Å²) in [6, 6.07) is 11.4. The van der Waals surface area contributed by atoms with E-state index in [0.717, 1.165) is 17.7 Å². The minimum absolute atomic E-state index is 0.0487. The molecule has 0 radical (unpaired) electrons.